The summed E-state index contributed by atoms with van der Waals surface area (Å²) in [7, 11) is 0. The van der Waals surface area contributed by atoms with Gasteiger partial charge in [-0.1, -0.05) is 0 Å². The minimum Gasteiger partial charge on any atom is -0.393 e. The fraction of sp³-hybridized carbons (Fsp3) is 1.00. The molecule has 12 aliphatic rings. The average molecular weight is 685 g/mol. The van der Waals surface area contributed by atoms with Gasteiger partial charge in [0.1, 0.15) is 0 Å². The van der Waals surface area contributed by atoms with Crippen molar-refractivity contribution in [1.82, 2.24) is 0 Å². The van der Waals surface area contributed by atoms with Crippen LogP contribution in [-0.2, 0) is 18.9 Å². The maximum Gasteiger partial charge on any atom is 0.0630 e. The fourth-order valence-corrected chi connectivity index (χ4v) is 14.6. The zero-order valence-corrected chi connectivity index (χ0v) is 32.2. The zero-order valence-electron chi connectivity index (χ0n) is 32.2. The molecule has 12 rings (SSSR count). The van der Waals surface area contributed by atoms with Gasteiger partial charge >= 0.3 is 0 Å². The summed E-state index contributed by atoms with van der Waals surface area (Å²) in [6.07, 6.45) is 26.9. The molecular formula is C44H76O5. The molecule has 49 heavy (non-hydrogen) atoms. The van der Waals surface area contributed by atoms with Crippen molar-refractivity contribution < 1.29 is 24.1 Å². The first-order valence-electron chi connectivity index (χ1n) is 21.9. The molecule has 282 valence electrons. The van der Waals surface area contributed by atoms with E-state index in [9.17, 15) is 5.11 Å². The van der Waals surface area contributed by atoms with Crippen LogP contribution in [0.3, 0.4) is 0 Å². The van der Waals surface area contributed by atoms with E-state index in [1.165, 1.54) is 83.5 Å². The Morgan fingerprint density at radius 3 is 1.51 bits per heavy atom. The van der Waals surface area contributed by atoms with Gasteiger partial charge in [-0.3, -0.25) is 0 Å². The topological polar surface area (TPSA) is 57.2 Å². The van der Waals surface area contributed by atoms with Crippen molar-refractivity contribution in [3.05, 3.63) is 0 Å². The molecule has 12 aliphatic carbocycles. The molecule has 0 amide bonds. The molecule has 7 atom stereocenters. The Balaban J connectivity index is 0.000000104. The lowest BCUT2D eigenvalue weighted by Gasteiger charge is -2.56. The Hall–Kier alpha value is -0.200. The minimum absolute atomic E-state index is 0.0645. The van der Waals surface area contributed by atoms with Crippen molar-refractivity contribution in [2.24, 2.45) is 76.4 Å². The van der Waals surface area contributed by atoms with Crippen molar-refractivity contribution in [3.63, 3.8) is 0 Å². The standard InChI is InChI=1S/2C13H22O.C9H16O2.C9H16O/c1-2-14-9-13-6-10-3-11(7-13)5-12(4-10)8-13;1-2-14-8-13-11-4-9-3-10(6-11)7-12(13)5-9;1-2-11-9-5-6-3-7(9)8(10)4-6;1-2-10-9-6-7-3-4-8(9)5-7/h10-12H,2-9H2,1H3;9-13H,2-8H2,1H3;6-10H,2-5H2,1H3;7-9H,2-6H2,1H3. The molecule has 0 aromatic carbocycles. The van der Waals surface area contributed by atoms with E-state index in [1.807, 2.05) is 6.92 Å². The average Bonchev–Trinajstić information content (AvgIpc) is 3.87. The summed E-state index contributed by atoms with van der Waals surface area (Å²) >= 11 is 0. The third-order valence-electron chi connectivity index (χ3n) is 15.9. The predicted octanol–water partition coefficient (Wildman–Crippen LogP) is 9.73. The van der Waals surface area contributed by atoms with Crippen LogP contribution < -0.4 is 0 Å². The van der Waals surface area contributed by atoms with Gasteiger partial charge in [-0.25, -0.2) is 0 Å². The molecule has 12 saturated carbocycles. The molecule has 12 fully saturated rings. The monoisotopic (exact) mass is 685 g/mol. The van der Waals surface area contributed by atoms with E-state index in [1.54, 1.807) is 25.7 Å². The third kappa shape index (κ3) is 8.79. The number of hydrogen-bond acceptors (Lipinski definition) is 5. The summed E-state index contributed by atoms with van der Waals surface area (Å²) < 4.78 is 22.6. The Kier molecular flexibility index (Phi) is 12.8. The van der Waals surface area contributed by atoms with Gasteiger partial charge in [-0.05, 0) is 214 Å². The Bertz CT molecular complexity index is 950. The summed E-state index contributed by atoms with van der Waals surface area (Å²) in [5, 5.41) is 9.54. The Labute approximate surface area is 301 Å². The zero-order chi connectivity index (χ0) is 34.0. The fourth-order valence-electron chi connectivity index (χ4n) is 14.6. The van der Waals surface area contributed by atoms with Gasteiger partial charge in [0.25, 0.3) is 0 Å². The van der Waals surface area contributed by atoms with Crippen LogP contribution in [0.4, 0.5) is 0 Å². The Morgan fingerprint density at radius 2 is 1.02 bits per heavy atom. The van der Waals surface area contributed by atoms with Crippen LogP contribution in [0, 0.1) is 76.4 Å². The summed E-state index contributed by atoms with van der Waals surface area (Å²) in [5.41, 5.74) is 0.630. The van der Waals surface area contributed by atoms with Gasteiger partial charge in [0.2, 0.25) is 0 Å². The lowest BCUT2D eigenvalue weighted by atomic mass is 9.50. The quantitative estimate of drug-likeness (QED) is 0.248. The number of aliphatic hydroxyl groups excluding tert-OH is 1. The molecule has 5 nitrogen and oxygen atoms in total. The highest BCUT2D eigenvalue weighted by molar-refractivity contribution is 5.02. The third-order valence-corrected chi connectivity index (χ3v) is 15.9. The number of ether oxygens (including phenoxy) is 4. The molecule has 5 heteroatoms. The Morgan fingerprint density at radius 1 is 0.490 bits per heavy atom. The second-order valence-corrected chi connectivity index (χ2v) is 19.3. The van der Waals surface area contributed by atoms with E-state index in [-0.39, 0.29) is 6.10 Å². The SMILES string of the molecule is CCOC1CC2CC(O)C1C2.CCOC1CC2CCC1C2.CCOCC12CC3CC(CC(C3)C1)C2.CCOCC1C2CC3CC(C2)CC1C3. The lowest BCUT2D eigenvalue weighted by Crippen LogP contribution is -2.48. The number of hydrogen-bond donors (Lipinski definition) is 1. The van der Waals surface area contributed by atoms with Crippen LogP contribution >= 0.6 is 0 Å². The van der Waals surface area contributed by atoms with Crippen LogP contribution in [0.5, 0.6) is 0 Å². The maximum absolute atomic E-state index is 9.54. The van der Waals surface area contributed by atoms with E-state index in [0.717, 1.165) is 111 Å². The minimum atomic E-state index is -0.0645. The van der Waals surface area contributed by atoms with Crippen molar-refractivity contribution in [1.29, 1.82) is 0 Å². The van der Waals surface area contributed by atoms with E-state index < -0.39 is 0 Å². The molecule has 0 aromatic rings. The van der Waals surface area contributed by atoms with Crippen molar-refractivity contribution >= 4 is 0 Å². The number of fused-ring (bicyclic) bond motifs is 4. The maximum atomic E-state index is 9.54. The summed E-state index contributed by atoms with van der Waals surface area (Å²) in [4.78, 5) is 0. The normalized spacial score (nSPS) is 48.6. The summed E-state index contributed by atoms with van der Waals surface area (Å²) in [6, 6.07) is 0. The number of aliphatic hydroxyl groups is 1. The van der Waals surface area contributed by atoms with Crippen LogP contribution in [0.2, 0.25) is 0 Å². The molecule has 0 aliphatic heterocycles. The molecule has 0 spiro atoms. The first-order chi connectivity index (χ1) is 23.9. The van der Waals surface area contributed by atoms with Crippen molar-refractivity contribution in [2.45, 2.75) is 162 Å². The van der Waals surface area contributed by atoms with E-state index in [0.29, 0.717) is 23.5 Å². The molecule has 0 aromatic heterocycles. The second-order valence-electron chi connectivity index (χ2n) is 19.3. The van der Waals surface area contributed by atoms with Crippen LogP contribution in [0.15, 0.2) is 0 Å². The van der Waals surface area contributed by atoms with Gasteiger partial charge in [-0.2, -0.15) is 0 Å². The van der Waals surface area contributed by atoms with Gasteiger partial charge in [-0.15, -0.1) is 0 Å². The second kappa shape index (κ2) is 16.9. The number of rotatable bonds is 10. The van der Waals surface area contributed by atoms with Crippen LogP contribution in [0.1, 0.15) is 143 Å². The first kappa shape index (κ1) is 37.1. The van der Waals surface area contributed by atoms with Crippen LogP contribution in [0.25, 0.3) is 0 Å². The molecule has 0 radical (unpaired) electrons. The highest BCUT2D eigenvalue weighted by Gasteiger charge is 2.51. The molecule has 1 N–H and O–H groups in total. The van der Waals surface area contributed by atoms with Crippen LogP contribution in [-0.4, -0.2) is 63.1 Å². The van der Waals surface area contributed by atoms with Crippen molar-refractivity contribution in [3.8, 4) is 0 Å². The summed E-state index contributed by atoms with van der Waals surface area (Å²) in [6.45, 7) is 14.0. The highest BCUT2D eigenvalue weighted by Crippen LogP contribution is 2.60. The van der Waals surface area contributed by atoms with Gasteiger partial charge in [0, 0.05) is 39.0 Å². The van der Waals surface area contributed by atoms with Gasteiger partial charge < -0.3 is 24.1 Å². The lowest BCUT2D eigenvalue weighted by molar-refractivity contribution is -0.0947. The van der Waals surface area contributed by atoms with E-state index >= 15 is 0 Å². The predicted molar refractivity (Wildman–Crippen MR) is 197 cm³/mol. The highest BCUT2D eigenvalue weighted by atomic mass is 16.5. The van der Waals surface area contributed by atoms with Gasteiger partial charge in [0.05, 0.1) is 24.9 Å². The van der Waals surface area contributed by atoms with E-state index in [4.69, 9.17) is 18.9 Å². The summed E-state index contributed by atoms with van der Waals surface area (Å²) in [5.74, 6) is 11.6. The van der Waals surface area contributed by atoms with E-state index in [2.05, 4.69) is 20.8 Å². The molecule has 0 saturated heterocycles. The molecule has 0 heterocycles. The largest absolute Gasteiger partial charge is 0.393 e. The van der Waals surface area contributed by atoms with Gasteiger partial charge in [0.15, 0.2) is 0 Å². The smallest absolute Gasteiger partial charge is 0.0630 e. The molecule has 12 bridgehead atoms. The van der Waals surface area contributed by atoms with Crippen molar-refractivity contribution in [2.75, 3.05) is 39.6 Å². The molecule has 7 unspecified atom stereocenters. The molecular weight excluding hydrogens is 608 g/mol. The first-order valence-corrected chi connectivity index (χ1v) is 21.9.